The summed E-state index contributed by atoms with van der Waals surface area (Å²) in [6.45, 7) is 13.5. The van der Waals surface area contributed by atoms with Crippen LogP contribution in [0, 0.1) is 20.8 Å². The van der Waals surface area contributed by atoms with Crippen molar-refractivity contribution in [3.63, 3.8) is 0 Å². The van der Waals surface area contributed by atoms with Gasteiger partial charge in [0.05, 0.1) is 13.7 Å². The lowest BCUT2D eigenvalue weighted by Gasteiger charge is -2.39. The summed E-state index contributed by atoms with van der Waals surface area (Å²) in [5, 5.41) is 0. The van der Waals surface area contributed by atoms with Gasteiger partial charge in [0.15, 0.2) is 0 Å². The van der Waals surface area contributed by atoms with Crippen LogP contribution in [0.1, 0.15) is 29.2 Å². The number of fused-ring (bicyclic) bond motifs is 1. The first kappa shape index (κ1) is 23.6. The minimum absolute atomic E-state index is 0. The average molecular weight is 447 g/mol. The van der Waals surface area contributed by atoms with Crippen molar-refractivity contribution in [1.29, 1.82) is 0 Å². The monoisotopic (exact) mass is 446 g/mol. The lowest BCUT2D eigenvalue weighted by molar-refractivity contribution is 0.0201. The standard InChI is InChI=1S/C25H34N2O3.ClH/c1-17-18(2)24-22(15-25(4,30-24)16-28-5)19(3)23(17)27-13-11-26(12-14-27)20-7-9-21(29-6)10-8-20;/h7-10H,11-16H2,1-6H3;1H. The lowest BCUT2D eigenvalue weighted by atomic mass is 9.91. The maximum Gasteiger partial charge on any atom is 0.134 e. The predicted molar refractivity (Wildman–Crippen MR) is 130 cm³/mol. The third-order valence-electron chi connectivity index (χ3n) is 6.72. The van der Waals surface area contributed by atoms with Gasteiger partial charge in [0, 0.05) is 56.6 Å². The summed E-state index contributed by atoms with van der Waals surface area (Å²) in [7, 11) is 3.45. The van der Waals surface area contributed by atoms with Crippen LogP contribution in [0.4, 0.5) is 11.4 Å². The highest BCUT2D eigenvalue weighted by Crippen LogP contribution is 2.45. The number of benzene rings is 2. The van der Waals surface area contributed by atoms with E-state index >= 15 is 0 Å². The molecule has 0 bridgehead atoms. The van der Waals surface area contributed by atoms with Gasteiger partial charge < -0.3 is 24.0 Å². The Kier molecular flexibility index (Phi) is 6.97. The van der Waals surface area contributed by atoms with Crippen LogP contribution < -0.4 is 19.3 Å². The Morgan fingerprint density at radius 1 is 0.903 bits per heavy atom. The highest BCUT2D eigenvalue weighted by atomic mass is 35.5. The molecule has 0 aliphatic carbocycles. The summed E-state index contributed by atoms with van der Waals surface area (Å²) in [5.41, 5.74) is 7.71. The normalized spacial score (nSPS) is 20.2. The summed E-state index contributed by atoms with van der Waals surface area (Å²) >= 11 is 0. The van der Waals surface area contributed by atoms with E-state index in [0.717, 1.165) is 44.1 Å². The minimum atomic E-state index is -0.273. The largest absolute Gasteiger partial charge is 0.497 e. The molecule has 0 N–H and O–H groups in total. The van der Waals surface area contributed by atoms with Crippen molar-refractivity contribution in [2.45, 2.75) is 39.7 Å². The quantitative estimate of drug-likeness (QED) is 0.664. The van der Waals surface area contributed by atoms with Crippen LogP contribution in [0.15, 0.2) is 24.3 Å². The van der Waals surface area contributed by atoms with E-state index in [4.69, 9.17) is 14.2 Å². The molecule has 0 amide bonds. The number of piperazine rings is 1. The van der Waals surface area contributed by atoms with Crippen LogP contribution in [0.2, 0.25) is 0 Å². The second-order valence-electron chi connectivity index (χ2n) is 8.87. The fourth-order valence-electron chi connectivity index (χ4n) is 5.02. The third-order valence-corrected chi connectivity index (χ3v) is 6.72. The zero-order valence-corrected chi connectivity index (χ0v) is 20.4. The molecule has 4 rings (SSSR count). The fraction of sp³-hybridized carbons (Fsp3) is 0.520. The highest BCUT2D eigenvalue weighted by molar-refractivity contribution is 5.85. The first-order chi connectivity index (χ1) is 14.4. The summed E-state index contributed by atoms with van der Waals surface area (Å²) in [4.78, 5) is 5.02. The minimum Gasteiger partial charge on any atom is -0.497 e. The molecule has 1 unspecified atom stereocenters. The van der Waals surface area contributed by atoms with Crippen molar-refractivity contribution >= 4 is 23.8 Å². The van der Waals surface area contributed by atoms with E-state index in [1.807, 2.05) is 12.1 Å². The lowest BCUT2D eigenvalue weighted by Crippen LogP contribution is -2.47. The van der Waals surface area contributed by atoms with Gasteiger partial charge >= 0.3 is 0 Å². The molecule has 2 aromatic carbocycles. The van der Waals surface area contributed by atoms with Crippen molar-refractivity contribution in [3.05, 3.63) is 46.5 Å². The zero-order valence-electron chi connectivity index (χ0n) is 19.6. The Morgan fingerprint density at radius 3 is 2.10 bits per heavy atom. The van der Waals surface area contributed by atoms with Gasteiger partial charge in [0.25, 0.3) is 0 Å². The number of hydrogen-bond donors (Lipinski definition) is 0. The number of hydrogen-bond acceptors (Lipinski definition) is 5. The molecule has 1 atom stereocenters. The number of halogens is 1. The van der Waals surface area contributed by atoms with E-state index in [-0.39, 0.29) is 18.0 Å². The SMILES string of the molecule is COCC1(C)Cc2c(C)c(N3CCN(c4ccc(OC)cc4)CC3)c(C)c(C)c2O1.Cl. The van der Waals surface area contributed by atoms with Crippen molar-refractivity contribution in [1.82, 2.24) is 0 Å². The molecule has 1 saturated heterocycles. The van der Waals surface area contributed by atoms with Crippen molar-refractivity contribution < 1.29 is 14.2 Å². The van der Waals surface area contributed by atoms with E-state index < -0.39 is 0 Å². The van der Waals surface area contributed by atoms with Crippen LogP contribution in [-0.4, -0.2) is 52.6 Å². The van der Waals surface area contributed by atoms with Crippen molar-refractivity contribution in [3.8, 4) is 11.5 Å². The van der Waals surface area contributed by atoms with E-state index in [0.29, 0.717) is 6.61 Å². The number of anilines is 2. The van der Waals surface area contributed by atoms with Gasteiger partial charge in [-0.05, 0) is 68.7 Å². The van der Waals surface area contributed by atoms with Crippen LogP contribution in [0.5, 0.6) is 11.5 Å². The third kappa shape index (κ3) is 4.31. The van der Waals surface area contributed by atoms with E-state index in [1.54, 1.807) is 14.2 Å². The van der Waals surface area contributed by atoms with E-state index in [9.17, 15) is 0 Å². The Balaban J connectivity index is 0.00000272. The molecule has 2 heterocycles. The molecule has 31 heavy (non-hydrogen) atoms. The molecule has 1 fully saturated rings. The van der Waals surface area contributed by atoms with Crippen molar-refractivity contribution in [2.75, 3.05) is 56.8 Å². The fourth-order valence-corrected chi connectivity index (χ4v) is 5.02. The molecule has 5 nitrogen and oxygen atoms in total. The van der Waals surface area contributed by atoms with Gasteiger partial charge in [-0.15, -0.1) is 12.4 Å². The molecular formula is C25H35ClN2O3. The second-order valence-corrected chi connectivity index (χ2v) is 8.87. The topological polar surface area (TPSA) is 34.2 Å². The maximum atomic E-state index is 6.40. The van der Waals surface area contributed by atoms with E-state index in [2.05, 4.69) is 49.6 Å². The molecule has 2 aromatic rings. The zero-order chi connectivity index (χ0) is 21.5. The second kappa shape index (κ2) is 9.17. The van der Waals surface area contributed by atoms with Gasteiger partial charge in [-0.3, -0.25) is 0 Å². The van der Waals surface area contributed by atoms with Gasteiger partial charge in [0.2, 0.25) is 0 Å². The van der Waals surface area contributed by atoms with Crippen LogP contribution in [0.3, 0.4) is 0 Å². The van der Waals surface area contributed by atoms with Gasteiger partial charge in [-0.1, -0.05) is 0 Å². The molecular weight excluding hydrogens is 412 g/mol. The Hall–Kier alpha value is -2.11. The number of rotatable bonds is 5. The van der Waals surface area contributed by atoms with Gasteiger partial charge in [0.1, 0.15) is 17.1 Å². The Bertz CT molecular complexity index is 924. The van der Waals surface area contributed by atoms with Crippen molar-refractivity contribution in [2.24, 2.45) is 0 Å². The average Bonchev–Trinajstić information content (AvgIpc) is 3.11. The first-order valence-corrected chi connectivity index (χ1v) is 10.8. The molecule has 0 aromatic heterocycles. The van der Waals surface area contributed by atoms with Gasteiger partial charge in [-0.25, -0.2) is 0 Å². The molecule has 2 aliphatic rings. The molecule has 2 aliphatic heterocycles. The number of ether oxygens (including phenoxy) is 3. The van der Waals surface area contributed by atoms with Crippen LogP contribution in [-0.2, 0) is 11.2 Å². The summed E-state index contributed by atoms with van der Waals surface area (Å²) in [6, 6.07) is 8.38. The summed E-state index contributed by atoms with van der Waals surface area (Å²) in [6.07, 6.45) is 0.905. The molecule has 170 valence electrons. The molecule has 6 heteroatoms. The first-order valence-electron chi connectivity index (χ1n) is 10.8. The Morgan fingerprint density at radius 2 is 1.52 bits per heavy atom. The van der Waals surface area contributed by atoms with Gasteiger partial charge in [-0.2, -0.15) is 0 Å². The summed E-state index contributed by atoms with van der Waals surface area (Å²) in [5.74, 6) is 1.98. The van der Waals surface area contributed by atoms with E-state index in [1.165, 1.54) is 33.6 Å². The highest BCUT2D eigenvalue weighted by Gasteiger charge is 2.39. The Labute approximate surface area is 192 Å². The molecule has 0 spiro atoms. The number of methoxy groups -OCH3 is 2. The van der Waals surface area contributed by atoms with Crippen LogP contribution in [0.25, 0.3) is 0 Å². The maximum absolute atomic E-state index is 6.40. The number of nitrogens with zero attached hydrogens (tertiary/aromatic N) is 2. The van der Waals surface area contributed by atoms with Crippen LogP contribution >= 0.6 is 12.4 Å². The predicted octanol–water partition coefficient (Wildman–Crippen LogP) is 4.71. The smallest absolute Gasteiger partial charge is 0.134 e. The summed E-state index contributed by atoms with van der Waals surface area (Å²) < 4.78 is 17.1. The molecule has 0 saturated carbocycles. The molecule has 0 radical (unpaired) electrons.